The summed E-state index contributed by atoms with van der Waals surface area (Å²) in [6.45, 7) is 12.9. The van der Waals surface area contributed by atoms with Crippen LogP contribution in [0, 0.1) is 13.8 Å². The van der Waals surface area contributed by atoms with Crippen LogP contribution in [0.15, 0.2) is 43.7 Å². The van der Waals surface area contributed by atoms with E-state index in [0.29, 0.717) is 12.8 Å². The molecule has 0 aliphatic carbocycles. The molecule has 2 aromatic heterocycles. The summed E-state index contributed by atoms with van der Waals surface area (Å²) in [5, 5.41) is 21.5. The second kappa shape index (κ2) is 11.1. The number of rotatable bonds is 8. The van der Waals surface area contributed by atoms with Crippen LogP contribution in [-0.4, -0.2) is 60.8 Å². The van der Waals surface area contributed by atoms with Gasteiger partial charge in [0.05, 0.1) is 0 Å². The van der Waals surface area contributed by atoms with Crippen LogP contribution in [0.5, 0.6) is 0 Å². The molecule has 6 bridgehead atoms. The monoisotopic (exact) mass is 684 g/mol. The van der Waals surface area contributed by atoms with Crippen molar-refractivity contribution in [3.8, 4) is 0 Å². The summed E-state index contributed by atoms with van der Waals surface area (Å²) in [5.74, 6) is -1.67. The second-order valence-corrected chi connectivity index (χ2v) is 14.7. The van der Waals surface area contributed by atoms with Crippen molar-refractivity contribution in [2.75, 3.05) is 0 Å². The predicted octanol–water partition coefficient (Wildman–Crippen LogP) is 4.50. The summed E-state index contributed by atoms with van der Waals surface area (Å²) in [7, 11) is 0. The minimum absolute atomic E-state index is 0.0207. The predicted molar refractivity (Wildman–Crippen MR) is 172 cm³/mol. The SMILES string of the molecule is CCC1=C(C)C2=NC1=Cc1c(C)c(CCC(=O)O)c3[n]1[Sn+2][n]1c(c(C)c(CC)c1=C2)=CC1=NC(=C3)C(CCC(=O)O)=C1C. The van der Waals surface area contributed by atoms with Gasteiger partial charge in [0.1, 0.15) is 0 Å². The van der Waals surface area contributed by atoms with E-state index < -0.39 is 33.6 Å². The van der Waals surface area contributed by atoms with Gasteiger partial charge >= 0.3 is 263 Å². The third-order valence-electron chi connectivity index (χ3n) is 9.21. The van der Waals surface area contributed by atoms with Gasteiger partial charge in [0, 0.05) is 0 Å². The molecule has 0 atom stereocenters. The van der Waals surface area contributed by atoms with Gasteiger partial charge in [-0.1, -0.05) is 0 Å². The van der Waals surface area contributed by atoms with Crippen LogP contribution in [0.1, 0.15) is 87.0 Å². The minimum atomic E-state index is -1.63. The number of aliphatic carboxylic acids is 2. The summed E-state index contributed by atoms with van der Waals surface area (Å²) < 4.78 is 4.97. The molecule has 4 aliphatic heterocycles. The van der Waals surface area contributed by atoms with Crippen molar-refractivity contribution in [3.05, 3.63) is 78.0 Å². The number of aliphatic imine (C=N–C) groups is 2. The van der Waals surface area contributed by atoms with Crippen LogP contribution >= 0.6 is 0 Å². The van der Waals surface area contributed by atoms with Crippen molar-refractivity contribution in [1.82, 2.24) is 5.58 Å². The second-order valence-electron chi connectivity index (χ2n) is 11.6. The Morgan fingerprint density at radius 3 is 1.91 bits per heavy atom. The molecule has 4 aliphatic rings. The molecule has 2 N–H and O–H groups in total. The molecule has 0 saturated carbocycles. The zero-order chi connectivity index (χ0) is 30.7. The first-order chi connectivity index (χ1) is 20.5. The van der Waals surface area contributed by atoms with Gasteiger partial charge in [-0.3, -0.25) is 0 Å². The van der Waals surface area contributed by atoms with Crippen LogP contribution in [0.4, 0.5) is 0 Å². The third kappa shape index (κ3) is 4.83. The molecule has 0 unspecified atom stereocenters. The number of fused-ring (bicyclic) bond motifs is 2. The maximum atomic E-state index is 11.8. The number of allylic oxidation sites excluding steroid dienone is 4. The van der Waals surface area contributed by atoms with E-state index in [1.165, 1.54) is 27.6 Å². The molecule has 0 fully saturated rings. The Morgan fingerprint density at radius 1 is 0.698 bits per heavy atom. The molecule has 6 heterocycles. The topological polar surface area (TPSA) is 109 Å². The molecule has 0 saturated heterocycles. The number of carboxylic acids is 2. The molecule has 0 radical (unpaired) electrons. The van der Waals surface area contributed by atoms with Gasteiger partial charge in [-0.2, -0.15) is 0 Å². The molecule has 43 heavy (non-hydrogen) atoms. The Bertz CT molecular complexity index is 1960. The molecule has 0 aromatic carbocycles. The van der Waals surface area contributed by atoms with E-state index in [0.717, 1.165) is 74.7 Å². The number of hydrogen-bond donors (Lipinski definition) is 2. The van der Waals surface area contributed by atoms with E-state index >= 15 is 0 Å². The number of carboxylic acid groups (broad SMARTS) is 2. The average molecular weight is 683 g/mol. The van der Waals surface area contributed by atoms with Crippen LogP contribution in [0.3, 0.4) is 0 Å². The third-order valence-corrected chi connectivity index (χ3v) is 13.1. The number of hydrogen-bond acceptors (Lipinski definition) is 4. The van der Waals surface area contributed by atoms with E-state index in [-0.39, 0.29) is 12.8 Å². The van der Waals surface area contributed by atoms with Gasteiger partial charge in [-0.25, -0.2) is 0 Å². The van der Waals surface area contributed by atoms with E-state index in [2.05, 4.69) is 64.5 Å². The van der Waals surface area contributed by atoms with E-state index in [9.17, 15) is 19.8 Å². The van der Waals surface area contributed by atoms with E-state index in [1.807, 2.05) is 6.92 Å². The van der Waals surface area contributed by atoms with Gasteiger partial charge in [-0.15, -0.1) is 0 Å². The zero-order valence-electron chi connectivity index (χ0n) is 25.6. The molecule has 218 valence electrons. The fraction of sp³-hybridized carbons (Fsp3) is 0.353. The van der Waals surface area contributed by atoms with E-state index in [1.54, 1.807) is 0 Å². The molecular formula is C34H36N4O4Sn+2. The Kier molecular flexibility index (Phi) is 7.60. The molecule has 2 aromatic rings. The Labute approximate surface area is 261 Å². The quantitative estimate of drug-likeness (QED) is 0.400. The summed E-state index contributed by atoms with van der Waals surface area (Å²) in [5.41, 5.74) is 14.7. The summed E-state index contributed by atoms with van der Waals surface area (Å²) in [6.07, 6.45) is 11.4. The Hall–Kier alpha value is -3.66. The van der Waals surface area contributed by atoms with Crippen molar-refractivity contribution < 1.29 is 19.8 Å². The number of carbonyl (C=O) groups is 2. The number of aromatic nitrogens is 2. The first-order valence-corrected chi connectivity index (χ1v) is 17.5. The van der Waals surface area contributed by atoms with Crippen LogP contribution in [0.25, 0.3) is 24.3 Å². The van der Waals surface area contributed by atoms with Crippen LogP contribution in [-0.2, 0) is 22.4 Å². The fourth-order valence-corrected chi connectivity index (χ4v) is 11.1. The van der Waals surface area contributed by atoms with Gasteiger partial charge in [-0.05, 0) is 0 Å². The molecule has 0 amide bonds. The van der Waals surface area contributed by atoms with Crippen molar-refractivity contribution in [1.29, 1.82) is 0 Å². The van der Waals surface area contributed by atoms with Crippen molar-refractivity contribution in [3.63, 3.8) is 0 Å². The summed E-state index contributed by atoms with van der Waals surface area (Å²) >= 11 is -1.63. The van der Waals surface area contributed by atoms with Crippen molar-refractivity contribution >= 4 is 69.4 Å². The van der Waals surface area contributed by atoms with Gasteiger partial charge < -0.3 is 0 Å². The first-order valence-electron chi connectivity index (χ1n) is 14.9. The first kappa shape index (κ1) is 29.4. The van der Waals surface area contributed by atoms with Gasteiger partial charge in [0.25, 0.3) is 0 Å². The Morgan fingerprint density at radius 2 is 1.28 bits per heavy atom. The maximum absolute atomic E-state index is 11.8. The zero-order valence-corrected chi connectivity index (χ0v) is 28.4. The molecule has 8 nitrogen and oxygen atoms in total. The van der Waals surface area contributed by atoms with Gasteiger partial charge in [0.15, 0.2) is 0 Å². The molecule has 6 rings (SSSR count). The van der Waals surface area contributed by atoms with E-state index in [4.69, 9.17) is 9.98 Å². The van der Waals surface area contributed by atoms with Crippen LogP contribution in [0.2, 0.25) is 0 Å². The fourth-order valence-electron chi connectivity index (χ4n) is 6.80. The van der Waals surface area contributed by atoms with Crippen LogP contribution < -0.4 is 10.7 Å². The van der Waals surface area contributed by atoms with Crippen molar-refractivity contribution in [2.45, 2.75) is 80.1 Å². The molecule has 9 heteroatoms. The molecule has 0 spiro atoms. The molecular weight excluding hydrogens is 647 g/mol. The Balaban J connectivity index is 1.78. The number of nitrogens with zero attached hydrogens (tertiary/aromatic N) is 4. The normalized spacial score (nSPS) is 16.4. The summed E-state index contributed by atoms with van der Waals surface area (Å²) in [4.78, 5) is 33.7. The van der Waals surface area contributed by atoms with Gasteiger partial charge in [0.2, 0.25) is 0 Å². The average Bonchev–Trinajstić information content (AvgIpc) is 3.58. The van der Waals surface area contributed by atoms with Crippen molar-refractivity contribution in [2.24, 2.45) is 9.98 Å². The standard InChI is InChI=1S/C34H38N4O4.Sn/c1-7-21-17(3)25-13-26-19(5)23(9-11-33(39)40)31(37-26)16-32-24(10-12-34(41)42)20(6)28(38-32)15-30-22(8-2)18(4)27(36-30)14-29(21)35-25;/h13-16H,7-12H2,1-6H3,(H4,35,36,37,38,39,40,41,42);/q;+4/p-2. The summed E-state index contributed by atoms with van der Waals surface area (Å²) in [6, 6.07) is 0.